The minimum atomic E-state index is 0.0422. The average molecular weight is 254 g/mol. The predicted molar refractivity (Wildman–Crippen MR) is 78.5 cm³/mol. The first kappa shape index (κ1) is 13.1. The number of pyridine rings is 1. The van der Waals surface area contributed by atoms with E-state index in [9.17, 15) is 0 Å². The van der Waals surface area contributed by atoms with Gasteiger partial charge >= 0.3 is 0 Å². The molecule has 0 bridgehead atoms. The maximum Gasteiger partial charge on any atom is 0.128 e. The van der Waals surface area contributed by atoms with E-state index in [1.54, 1.807) is 6.20 Å². The molecule has 2 aromatic rings. The van der Waals surface area contributed by atoms with Crippen LogP contribution in [0.3, 0.4) is 0 Å². The van der Waals surface area contributed by atoms with Crippen molar-refractivity contribution in [1.82, 2.24) is 4.98 Å². The van der Waals surface area contributed by atoms with Gasteiger partial charge in [0.2, 0.25) is 0 Å². The van der Waals surface area contributed by atoms with Gasteiger partial charge in [-0.3, -0.25) is 5.41 Å². The summed E-state index contributed by atoms with van der Waals surface area (Å²) in [5, 5.41) is 7.34. The number of amidine groups is 1. The number of nitrogens with one attached hydrogen (secondary N) is 1. The lowest BCUT2D eigenvalue weighted by Crippen LogP contribution is -2.19. The van der Waals surface area contributed by atoms with Crippen molar-refractivity contribution in [2.24, 2.45) is 5.73 Å². The summed E-state index contributed by atoms with van der Waals surface area (Å²) in [4.78, 5) is 6.41. The van der Waals surface area contributed by atoms with Crippen LogP contribution >= 0.6 is 0 Å². The Morgan fingerprint density at radius 2 is 2.00 bits per heavy atom. The molecule has 0 spiro atoms. The summed E-state index contributed by atoms with van der Waals surface area (Å²) >= 11 is 0. The highest BCUT2D eigenvalue weighted by Gasteiger charge is 2.06. The molecule has 3 N–H and O–H groups in total. The van der Waals surface area contributed by atoms with Gasteiger partial charge in [0.25, 0.3) is 0 Å². The van der Waals surface area contributed by atoms with Crippen LogP contribution in [0, 0.1) is 12.3 Å². The molecule has 4 nitrogen and oxygen atoms in total. The zero-order valence-electron chi connectivity index (χ0n) is 11.2. The van der Waals surface area contributed by atoms with Gasteiger partial charge < -0.3 is 10.6 Å². The van der Waals surface area contributed by atoms with Crippen molar-refractivity contribution >= 4 is 11.7 Å². The highest BCUT2D eigenvalue weighted by molar-refractivity contribution is 5.94. The van der Waals surface area contributed by atoms with E-state index >= 15 is 0 Å². The maximum absolute atomic E-state index is 7.34. The summed E-state index contributed by atoms with van der Waals surface area (Å²) in [5.41, 5.74) is 8.61. The molecule has 1 aromatic heterocycles. The second-order valence-electron chi connectivity index (χ2n) is 4.60. The fraction of sp³-hybridized carbons (Fsp3) is 0.200. The van der Waals surface area contributed by atoms with Crippen molar-refractivity contribution in [3.8, 4) is 0 Å². The second-order valence-corrected chi connectivity index (χ2v) is 4.60. The minimum Gasteiger partial charge on any atom is -0.384 e. The van der Waals surface area contributed by atoms with Crippen LogP contribution in [0.5, 0.6) is 0 Å². The molecule has 0 aliphatic heterocycles. The molecule has 0 unspecified atom stereocenters. The lowest BCUT2D eigenvalue weighted by molar-refractivity contribution is 0.890. The summed E-state index contributed by atoms with van der Waals surface area (Å²) in [6.07, 6.45) is 1.63. The van der Waals surface area contributed by atoms with Crippen LogP contribution in [0.25, 0.3) is 0 Å². The van der Waals surface area contributed by atoms with Gasteiger partial charge in [0.15, 0.2) is 0 Å². The van der Waals surface area contributed by atoms with E-state index < -0.39 is 0 Å². The second kappa shape index (κ2) is 5.52. The monoisotopic (exact) mass is 254 g/mol. The third-order valence-corrected chi connectivity index (χ3v) is 3.12. The number of benzene rings is 1. The molecule has 1 aromatic carbocycles. The Morgan fingerprint density at radius 1 is 1.26 bits per heavy atom. The molecule has 1 heterocycles. The minimum absolute atomic E-state index is 0.0422. The Balaban J connectivity index is 2.14. The molecule has 2 rings (SSSR count). The normalized spacial score (nSPS) is 10.2. The number of aryl methyl sites for hydroxylation is 1. The van der Waals surface area contributed by atoms with E-state index in [4.69, 9.17) is 11.1 Å². The number of nitrogen functional groups attached to an aromatic ring is 1. The molecule has 0 amide bonds. The summed E-state index contributed by atoms with van der Waals surface area (Å²) in [6.45, 7) is 2.91. The van der Waals surface area contributed by atoms with Gasteiger partial charge in [-0.05, 0) is 30.2 Å². The highest BCUT2D eigenvalue weighted by Crippen LogP contribution is 2.15. The van der Waals surface area contributed by atoms with Crippen molar-refractivity contribution in [1.29, 1.82) is 5.41 Å². The average Bonchev–Trinajstić information content (AvgIpc) is 2.41. The Kier molecular flexibility index (Phi) is 3.80. The van der Waals surface area contributed by atoms with Gasteiger partial charge in [-0.15, -0.1) is 0 Å². The standard InChI is InChI=1S/C15H18N4/c1-11-5-3-4-6-13(11)10-19(2)14-8-7-12(9-18-14)15(16)17/h3-9H,10H2,1-2H3,(H3,16,17). The van der Waals surface area contributed by atoms with E-state index in [1.165, 1.54) is 11.1 Å². The zero-order valence-corrected chi connectivity index (χ0v) is 11.2. The molecule has 19 heavy (non-hydrogen) atoms. The van der Waals surface area contributed by atoms with E-state index in [0.717, 1.165) is 12.4 Å². The quantitative estimate of drug-likeness (QED) is 0.650. The van der Waals surface area contributed by atoms with Gasteiger partial charge in [0, 0.05) is 25.4 Å². The Morgan fingerprint density at radius 3 is 2.58 bits per heavy atom. The van der Waals surface area contributed by atoms with Crippen LogP contribution in [-0.2, 0) is 6.54 Å². The fourth-order valence-electron chi connectivity index (χ4n) is 1.90. The summed E-state index contributed by atoms with van der Waals surface area (Å²) in [6, 6.07) is 12.0. The Labute approximate surface area is 113 Å². The lowest BCUT2D eigenvalue weighted by Gasteiger charge is -2.19. The molecule has 98 valence electrons. The van der Waals surface area contributed by atoms with Crippen LogP contribution < -0.4 is 10.6 Å². The van der Waals surface area contributed by atoms with Crippen LogP contribution in [-0.4, -0.2) is 17.9 Å². The SMILES string of the molecule is Cc1ccccc1CN(C)c1ccc(C(=N)N)cn1. The third kappa shape index (κ3) is 3.10. The molecule has 0 fully saturated rings. The van der Waals surface area contributed by atoms with Crippen molar-refractivity contribution in [3.63, 3.8) is 0 Å². The molecule has 0 atom stereocenters. The van der Waals surface area contributed by atoms with Crippen molar-refractivity contribution in [3.05, 3.63) is 59.3 Å². The number of aromatic nitrogens is 1. The number of anilines is 1. The van der Waals surface area contributed by atoms with Crippen LogP contribution in [0.4, 0.5) is 5.82 Å². The number of rotatable bonds is 4. The van der Waals surface area contributed by atoms with Crippen LogP contribution in [0.15, 0.2) is 42.6 Å². The molecule has 0 saturated carbocycles. The van der Waals surface area contributed by atoms with E-state index in [-0.39, 0.29) is 5.84 Å². The summed E-state index contributed by atoms with van der Waals surface area (Å²) in [7, 11) is 2.00. The first-order valence-corrected chi connectivity index (χ1v) is 6.14. The van der Waals surface area contributed by atoms with Crippen molar-refractivity contribution in [2.45, 2.75) is 13.5 Å². The number of hydrogen-bond donors (Lipinski definition) is 2. The van der Waals surface area contributed by atoms with Crippen LogP contribution in [0.1, 0.15) is 16.7 Å². The zero-order chi connectivity index (χ0) is 13.8. The smallest absolute Gasteiger partial charge is 0.128 e. The molecule has 0 aliphatic carbocycles. The van der Waals surface area contributed by atoms with Gasteiger partial charge in [0.1, 0.15) is 11.7 Å². The van der Waals surface area contributed by atoms with Gasteiger partial charge in [-0.2, -0.15) is 0 Å². The van der Waals surface area contributed by atoms with Gasteiger partial charge in [-0.1, -0.05) is 24.3 Å². The topological polar surface area (TPSA) is 66.0 Å². The number of nitrogens with two attached hydrogens (primary N) is 1. The van der Waals surface area contributed by atoms with Gasteiger partial charge in [0.05, 0.1) is 0 Å². The highest BCUT2D eigenvalue weighted by atomic mass is 15.2. The molecule has 0 radical (unpaired) electrons. The molecule has 0 saturated heterocycles. The van der Waals surface area contributed by atoms with Gasteiger partial charge in [-0.25, -0.2) is 4.98 Å². The fourth-order valence-corrected chi connectivity index (χ4v) is 1.90. The number of nitrogens with zero attached hydrogens (tertiary/aromatic N) is 2. The van der Waals surface area contributed by atoms with Crippen LogP contribution in [0.2, 0.25) is 0 Å². The Hall–Kier alpha value is -2.36. The predicted octanol–water partition coefficient (Wildman–Crippen LogP) is 2.31. The number of hydrogen-bond acceptors (Lipinski definition) is 3. The Bertz CT molecular complexity index is 575. The third-order valence-electron chi connectivity index (χ3n) is 3.12. The first-order chi connectivity index (χ1) is 9.08. The molecule has 4 heteroatoms. The molecule has 0 aliphatic rings. The van der Waals surface area contributed by atoms with E-state index in [0.29, 0.717) is 5.56 Å². The molecular formula is C15H18N4. The first-order valence-electron chi connectivity index (χ1n) is 6.14. The van der Waals surface area contributed by atoms with Crippen molar-refractivity contribution < 1.29 is 0 Å². The van der Waals surface area contributed by atoms with Crippen molar-refractivity contribution in [2.75, 3.05) is 11.9 Å². The summed E-state index contributed by atoms with van der Waals surface area (Å²) in [5.74, 6) is 0.911. The summed E-state index contributed by atoms with van der Waals surface area (Å²) < 4.78 is 0. The maximum atomic E-state index is 7.34. The lowest BCUT2D eigenvalue weighted by atomic mass is 10.1. The van der Waals surface area contributed by atoms with E-state index in [1.807, 2.05) is 31.3 Å². The molecular weight excluding hydrogens is 236 g/mol. The largest absolute Gasteiger partial charge is 0.384 e. The van der Waals surface area contributed by atoms with E-state index in [2.05, 4.69) is 28.9 Å².